The monoisotopic (exact) mass is 181 g/mol. The van der Waals surface area contributed by atoms with E-state index in [1.165, 1.54) is 6.38 Å². The number of alkyl halides is 1. The molecule has 4 heteroatoms. The van der Waals surface area contributed by atoms with Gasteiger partial charge in [-0.1, -0.05) is 20.3 Å². The smallest absolute Gasteiger partial charge is 0.320 e. The van der Waals surface area contributed by atoms with E-state index in [1.807, 2.05) is 13.8 Å². The summed E-state index contributed by atoms with van der Waals surface area (Å²) in [6.07, 6.45) is 2.29. The molecule has 0 saturated carbocycles. The van der Waals surface area contributed by atoms with E-state index in [9.17, 15) is 4.79 Å². The molecule has 0 aliphatic rings. The second-order valence-electron chi connectivity index (χ2n) is 2.25. The van der Waals surface area contributed by atoms with Crippen LogP contribution in [0.4, 0.5) is 0 Å². The van der Waals surface area contributed by atoms with Gasteiger partial charge in [0.2, 0.25) is 0 Å². The predicted molar refractivity (Wildman–Crippen MR) is 46.8 cm³/mol. The van der Waals surface area contributed by atoms with Crippen LogP contribution in [0.15, 0.2) is 0 Å². The molecule has 0 bridgehead atoms. The van der Waals surface area contributed by atoms with Crippen molar-refractivity contribution in [3.05, 3.63) is 0 Å². The van der Waals surface area contributed by atoms with Crippen molar-refractivity contribution < 1.29 is 9.90 Å². The number of hydrogen-bond acceptors (Lipinski definition) is 2. The van der Waals surface area contributed by atoms with Crippen molar-refractivity contribution in [2.24, 2.45) is 11.7 Å². The molecule has 0 aliphatic heterocycles. The van der Waals surface area contributed by atoms with Crippen molar-refractivity contribution in [2.45, 2.75) is 26.3 Å². The van der Waals surface area contributed by atoms with Gasteiger partial charge >= 0.3 is 5.97 Å². The summed E-state index contributed by atoms with van der Waals surface area (Å²) in [6.45, 7) is 3.76. The molecule has 68 valence electrons. The zero-order valence-corrected chi connectivity index (χ0v) is 7.93. The van der Waals surface area contributed by atoms with Gasteiger partial charge in [-0.3, -0.25) is 4.79 Å². The van der Waals surface area contributed by atoms with Gasteiger partial charge < -0.3 is 10.8 Å². The molecule has 0 heterocycles. The number of halogens is 1. The molecule has 0 aliphatic carbocycles. The highest BCUT2D eigenvalue weighted by Crippen LogP contribution is 2.04. The first-order chi connectivity index (χ1) is 5.09. The van der Waals surface area contributed by atoms with Crippen molar-refractivity contribution >= 4 is 17.6 Å². The van der Waals surface area contributed by atoms with E-state index in [2.05, 4.69) is 11.6 Å². The van der Waals surface area contributed by atoms with Crippen LogP contribution in [0.1, 0.15) is 20.3 Å². The molecule has 0 radical (unpaired) electrons. The minimum atomic E-state index is -0.913. The Labute approximate surface area is 72.5 Å². The second-order valence-corrected chi connectivity index (χ2v) is 2.25. The molecule has 2 atom stereocenters. The van der Waals surface area contributed by atoms with Crippen molar-refractivity contribution in [1.29, 1.82) is 0 Å². The quantitative estimate of drug-likeness (QED) is 0.646. The van der Waals surface area contributed by atoms with E-state index in [4.69, 9.17) is 10.8 Å². The summed E-state index contributed by atoms with van der Waals surface area (Å²) in [5.41, 5.74) is 5.27. The van der Waals surface area contributed by atoms with E-state index in [0.717, 1.165) is 6.42 Å². The number of carboxylic acids is 1. The third-order valence-electron chi connectivity index (χ3n) is 1.54. The summed E-state index contributed by atoms with van der Waals surface area (Å²) < 4.78 is 0. The molecule has 0 saturated heterocycles. The lowest BCUT2D eigenvalue weighted by Gasteiger charge is -2.11. The zero-order valence-electron chi connectivity index (χ0n) is 7.17. The fourth-order valence-corrected chi connectivity index (χ4v) is 0.497. The molecular formula is C7H16ClNO2. The van der Waals surface area contributed by atoms with Gasteiger partial charge in [0.25, 0.3) is 0 Å². The maximum absolute atomic E-state index is 10.2. The summed E-state index contributed by atoms with van der Waals surface area (Å²) in [5, 5.41) is 8.36. The van der Waals surface area contributed by atoms with Gasteiger partial charge in [0.15, 0.2) is 0 Å². The number of hydrogen-bond donors (Lipinski definition) is 2. The minimum absolute atomic E-state index is 0.0718. The Kier molecular flexibility index (Phi) is 9.47. The molecule has 11 heavy (non-hydrogen) atoms. The van der Waals surface area contributed by atoms with Gasteiger partial charge in [0.05, 0.1) is 0 Å². The summed E-state index contributed by atoms with van der Waals surface area (Å²) in [5.74, 6) is -0.841. The fourth-order valence-electron chi connectivity index (χ4n) is 0.497. The number of rotatable bonds is 3. The second kappa shape index (κ2) is 7.82. The molecule has 0 spiro atoms. The first-order valence-corrected chi connectivity index (χ1v) is 4.21. The van der Waals surface area contributed by atoms with Gasteiger partial charge in [-0.2, -0.15) is 0 Å². The van der Waals surface area contributed by atoms with E-state index < -0.39 is 12.0 Å². The molecule has 3 N–H and O–H groups in total. The lowest BCUT2D eigenvalue weighted by Crippen LogP contribution is -2.36. The van der Waals surface area contributed by atoms with E-state index >= 15 is 0 Å². The molecule has 0 fully saturated rings. The van der Waals surface area contributed by atoms with Crippen molar-refractivity contribution in [1.82, 2.24) is 0 Å². The predicted octanol–water partition coefficient (Wildman–Crippen LogP) is 1.30. The standard InChI is InChI=1S/C6H13NO2.CH3Cl/c1-3-4(2)5(7)6(8)9;1-2/h4-5H,3,7H2,1-2H3,(H,8,9);1H3/t4-,5-;/m0./s1. The van der Waals surface area contributed by atoms with Gasteiger partial charge in [0, 0.05) is 6.38 Å². The summed E-state index contributed by atoms with van der Waals surface area (Å²) in [4.78, 5) is 10.2. The lowest BCUT2D eigenvalue weighted by atomic mass is 10.0. The van der Waals surface area contributed by atoms with Crippen LogP contribution in [0.2, 0.25) is 0 Å². The van der Waals surface area contributed by atoms with E-state index in [1.54, 1.807) is 0 Å². The maximum Gasteiger partial charge on any atom is 0.320 e. The first kappa shape index (κ1) is 13.3. The molecule has 0 unspecified atom stereocenters. The third-order valence-corrected chi connectivity index (χ3v) is 1.54. The van der Waals surface area contributed by atoms with Crippen LogP contribution in [0.5, 0.6) is 0 Å². The molecule has 0 aromatic heterocycles. The normalized spacial score (nSPS) is 14.3. The van der Waals surface area contributed by atoms with Gasteiger partial charge in [-0.05, 0) is 5.92 Å². The maximum atomic E-state index is 10.2. The molecular weight excluding hydrogens is 166 g/mol. The molecule has 0 aromatic carbocycles. The highest BCUT2D eigenvalue weighted by atomic mass is 35.5. The Morgan fingerprint density at radius 3 is 2.09 bits per heavy atom. The Hall–Kier alpha value is -0.280. The van der Waals surface area contributed by atoms with Crippen molar-refractivity contribution in [3.8, 4) is 0 Å². The van der Waals surface area contributed by atoms with Gasteiger partial charge in [-0.15, -0.1) is 11.6 Å². The Morgan fingerprint density at radius 1 is 1.64 bits per heavy atom. The Morgan fingerprint density at radius 2 is 2.00 bits per heavy atom. The summed E-state index contributed by atoms with van der Waals surface area (Å²) >= 11 is 4.64. The minimum Gasteiger partial charge on any atom is -0.480 e. The largest absolute Gasteiger partial charge is 0.480 e. The van der Waals surface area contributed by atoms with Crippen molar-refractivity contribution in [3.63, 3.8) is 0 Å². The average molecular weight is 182 g/mol. The van der Waals surface area contributed by atoms with Crippen LogP contribution in [0.3, 0.4) is 0 Å². The third kappa shape index (κ3) is 6.13. The number of aliphatic carboxylic acids is 1. The van der Waals surface area contributed by atoms with Crippen LogP contribution in [0, 0.1) is 5.92 Å². The molecule has 0 aromatic rings. The highest BCUT2D eigenvalue weighted by molar-refractivity contribution is 6.15. The molecule has 0 amide bonds. The first-order valence-electron chi connectivity index (χ1n) is 3.45. The number of nitrogens with two attached hydrogens (primary N) is 1. The summed E-state index contributed by atoms with van der Waals surface area (Å²) in [7, 11) is 0. The van der Waals surface area contributed by atoms with Crippen molar-refractivity contribution in [2.75, 3.05) is 6.38 Å². The number of carboxylic acid groups (broad SMARTS) is 1. The van der Waals surface area contributed by atoms with Crippen LogP contribution in [-0.4, -0.2) is 23.5 Å². The Balaban J connectivity index is 0. The zero-order chi connectivity index (χ0) is 9.44. The average Bonchev–Trinajstić information content (AvgIpc) is 2.05. The van der Waals surface area contributed by atoms with E-state index in [0.29, 0.717) is 0 Å². The van der Waals surface area contributed by atoms with Crippen LogP contribution < -0.4 is 5.73 Å². The van der Waals surface area contributed by atoms with Crippen LogP contribution in [-0.2, 0) is 4.79 Å². The topological polar surface area (TPSA) is 63.3 Å². The van der Waals surface area contributed by atoms with Gasteiger partial charge in [0.1, 0.15) is 6.04 Å². The van der Waals surface area contributed by atoms with Gasteiger partial charge in [-0.25, -0.2) is 0 Å². The van der Waals surface area contributed by atoms with Crippen LogP contribution >= 0.6 is 11.6 Å². The molecule has 3 nitrogen and oxygen atoms in total. The Bertz CT molecular complexity index is 109. The lowest BCUT2D eigenvalue weighted by molar-refractivity contribution is -0.139. The SMILES string of the molecule is CC[C@H](C)[C@H](N)C(=O)O.CCl. The fraction of sp³-hybridized carbons (Fsp3) is 0.857. The molecule has 0 rings (SSSR count). The van der Waals surface area contributed by atoms with E-state index in [-0.39, 0.29) is 5.92 Å². The van der Waals surface area contributed by atoms with Crippen LogP contribution in [0.25, 0.3) is 0 Å². The highest BCUT2D eigenvalue weighted by Gasteiger charge is 2.17. The summed E-state index contributed by atoms with van der Waals surface area (Å²) in [6, 6.07) is -0.699. The number of carbonyl (C=O) groups is 1.